The second-order valence-corrected chi connectivity index (χ2v) is 5.40. The van der Waals surface area contributed by atoms with Crippen LogP contribution >= 0.6 is 11.6 Å². The molecule has 0 amide bonds. The largest absolute Gasteiger partial charge is 0.478 e. The molecule has 0 aliphatic heterocycles. The number of aromatic nitrogens is 1. The van der Waals surface area contributed by atoms with Gasteiger partial charge in [-0.25, -0.2) is 9.78 Å². The van der Waals surface area contributed by atoms with E-state index in [1.807, 2.05) is 0 Å². The minimum Gasteiger partial charge on any atom is -0.478 e. The molecule has 0 aromatic carbocycles. The molecule has 1 fully saturated rings. The van der Waals surface area contributed by atoms with Gasteiger partial charge in [-0.1, -0.05) is 30.9 Å². The van der Waals surface area contributed by atoms with Crippen LogP contribution in [-0.2, 0) is 0 Å². The number of carboxylic acid groups (broad SMARTS) is 1. The third-order valence-corrected chi connectivity index (χ3v) is 3.77. The number of nitrogens with zero attached hydrogens (tertiary/aromatic N) is 1. The van der Waals surface area contributed by atoms with Crippen molar-refractivity contribution in [3.05, 3.63) is 22.8 Å². The van der Waals surface area contributed by atoms with E-state index in [-0.39, 0.29) is 10.6 Å². The van der Waals surface area contributed by atoms with Crippen molar-refractivity contribution in [1.29, 1.82) is 0 Å². The van der Waals surface area contributed by atoms with E-state index in [1.54, 1.807) is 0 Å². The van der Waals surface area contributed by atoms with Crippen LogP contribution < -0.4 is 5.32 Å². The number of hydrogen-bond donors (Lipinski definition) is 3. The summed E-state index contributed by atoms with van der Waals surface area (Å²) in [7, 11) is 0. The van der Waals surface area contributed by atoms with Gasteiger partial charge in [0.05, 0.1) is 16.2 Å². The van der Waals surface area contributed by atoms with E-state index in [0.717, 1.165) is 32.1 Å². The van der Waals surface area contributed by atoms with Gasteiger partial charge in [0.2, 0.25) is 0 Å². The molecule has 1 aliphatic rings. The molecule has 19 heavy (non-hydrogen) atoms. The molecule has 104 valence electrons. The molecule has 1 heterocycles. The third-order valence-electron chi connectivity index (χ3n) is 3.47. The van der Waals surface area contributed by atoms with Crippen molar-refractivity contribution in [3.8, 4) is 0 Å². The second-order valence-electron chi connectivity index (χ2n) is 4.99. The summed E-state index contributed by atoms with van der Waals surface area (Å²) in [6.07, 6.45) is 6.03. The highest BCUT2D eigenvalue weighted by Gasteiger charge is 2.28. The first kappa shape index (κ1) is 14.1. The van der Waals surface area contributed by atoms with Crippen molar-refractivity contribution >= 4 is 23.4 Å². The summed E-state index contributed by atoms with van der Waals surface area (Å²) in [5.74, 6) is -0.673. The van der Waals surface area contributed by atoms with Gasteiger partial charge in [-0.2, -0.15) is 0 Å². The average Bonchev–Trinajstić information content (AvgIpc) is 2.38. The van der Waals surface area contributed by atoms with Crippen molar-refractivity contribution in [2.75, 3.05) is 11.9 Å². The predicted octanol–water partition coefficient (Wildman–Crippen LogP) is 2.54. The van der Waals surface area contributed by atoms with Crippen molar-refractivity contribution in [3.63, 3.8) is 0 Å². The highest BCUT2D eigenvalue weighted by molar-refractivity contribution is 6.33. The van der Waals surface area contributed by atoms with Crippen molar-refractivity contribution in [1.82, 2.24) is 4.98 Å². The van der Waals surface area contributed by atoms with Crippen LogP contribution in [0, 0.1) is 0 Å². The molecule has 5 nitrogen and oxygen atoms in total. The minimum absolute atomic E-state index is 0.00907. The number of rotatable bonds is 4. The Morgan fingerprint density at radius 1 is 1.42 bits per heavy atom. The van der Waals surface area contributed by atoms with Crippen molar-refractivity contribution in [2.24, 2.45) is 0 Å². The van der Waals surface area contributed by atoms with E-state index in [4.69, 9.17) is 16.7 Å². The summed E-state index contributed by atoms with van der Waals surface area (Å²) in [5, 5.41) is 22.4. The Bertz CT molecular complexity index is 473. The van der Waals surface area contributed by atoms with Crippen molar-refractivity contribution in [2.45, 2.75) is 37.7 Å². The molecular weight excluding hydrogens is 268 g/mol. The van der Waals surface area contributed by atoms with Gasteiger partial charge in [-0.3, -0.25) is 0 Å². The van der Waals surface area contributed by atoms with E-state index >= 15 is 0 Å². The summed E-state index contributed by atoms with van der Waals surface area (Å²) in [6.45, 7) is 0.376. The molecule has 1 aromatic rings. The zero-order chi connectivity index (χ0) is 13.9. The maximum atomic E-state index is 11.0. The second kappa shape index (κ2) is 5.75. The minimum atomic E-state index is -1.09. The number of nitrogens with one attached hydrogen (secondary N) is 1. The first-order valence-corrected chi connectivity index (χ1v) is 6.73. The third kappa shape index (κ3) is 3.58. The number of aliphatic hydroxyl groups is 1. The Morgan fingerprint density at radius 2 is 2.11 bits per heavy atom. The zero-order valence-corrected chi connectivity index (χ0v) is 11.3. The van der Waals surface area contributed by atoms with E-state index in [9.17, 15) is 9.90 Å². The number of carboxylic acids is 1. The average molecular weight is 285 g/mol. The number of hydrogen-bond acceptors (Lipinski definition) is 4. The summed E-state index contributed by atoms with van der Waals surface area (Å²) in [5.41, 5.74) is -0.710. The van der Waals surface area contributed by atoms with Crippen LogP contribution in [0.2, 0.25) is 5.02 Å². The first-order chi connectivity index (χ1) is 9.00. The lowest BCUT2D eigenvalue weighted by atomic mass is 9.85. The van der Waals surface area contributed by atoms with E-state index < -0.39 is 11.6 Å². The molecule has 0 radical (unpaired) electrons. The Hall–Kier alpha value is -1.33. The summed E-state index contributed by atoms with van der Waals surface area (Å²) in [6, 6.07) is 1.39. The standard InChI is InChI=1S/C13H17ClN2O3/c14-10-7-15-11(6-9(10)12(17)18)16-8-13(19)4-2-1-3-5-13/h6-7,19H,1-5,8H2,(H,15,16)(H,17,18). The molecule has 0 unspecified atom stereocenters. The number of pyridine rings is 1. The molecule has 1 saturated carbocycles. The van der Waals surface area contributed by atoms with Gasteiger partial charge in [-0.15, -0.1) is 0 Å². The molecular formula is C13H17ClN2O3. The van der Waals surface area contributed by atoms with Crippen LogP contribution in [-0.4, -0.2) is 33.3 Å². The molecule has 1 aliphatic carbocycles. The molecule has 3 N–H and O–H groups in total. The number of halogens is 1. The van der Waals surface area contributed by atoms with Crippen LogP contribution in [0.3, 0.4) is 0 Å². The van der Waals surface area contributed by atoms with Gasteiger partial charge in [0, 0.05) is 12.7 Å². The first-order valence-electron chi connectivity index (χ1n) is 6.35. The topological polar surface area (TPSA) is 82.5 Å². The van der Waals surface area contributed by atoms with Crippen molar-refractivity contribution < 1.29 is 15.0 Å². The molecule has 2 rings (SSSR count). The maximum absolute atomic E-state index is 11.0. The lowest BCUT2D eigenvalue weighted by Crippen LogP contribution is -2.38. The summed E-state index contributed by atoms with van der Waals surface area (Å²) >= 11 is 5.75. The van der Waals surface area contributed by atoms with Gasteiger partial charge < -0.3 is 15.5 Å². The SMILES string of the molecule is O=C(O)c1cc(NCC2(O)CCCCC2)ncc1Cl. The van der Waals surface area contributed by atoms with E-state index in [1.165, 1.54) is 12.3 Å². The van der Waals surface area contributed by atoms with Gasteiger partial charge in [0.25, 0.3) is 0 Å². The Kier molecular flexibility index (Phi) is 4.27. The molecule has 0 atom stereocenters. The van der Waals surface area contributed by atoms with Gasteiger partial charge >= 0.3 is 5.97 Å². The van der Waals surface area contributed by atoms with E-state index in [0.29, 0.717) is 12.4 Å². The highest BCUT2D eigenvalue weighted by Crippen LogP contribution is 2.28. The van der Waals surface area contributed by atoms with Crippen LogP contribution in [0.4, 0.5) is 5.82 Å². The molecule has 6 heteroatoms. The maximum Gasteiger partial charge on any atom is 0.337 e. The van der Waals surface area contributed by atoms with Crippen LogP contribution in [0.25, 0.3) is 0 Å². The molecule has 0 bridgehead atoms. The Balaban J connectivity index is 2.03. The fourth-order valence-corrected chi connectivity index (χ4v) is 2.53. The summed E-state index contributed by atoms with van der Waals surface area (Å²) in [4.78, 5) is 15.0. The lowest BCUT2D eigenvalue weighted by Gasteiger charge is -2.32. The fraction of sp³-hybridized carbons (Fsp3) is 0.538. The Morgan fingerprint density at radius 3 is 2.74 bits per heavy atom. The van der Waals surface area contributed by atoms with Gasteiger partial charge in [-0.05, 0) is 18.9 Å². The normalized spacial score (nSPS) is 18.0. The van der Waals surface area contributed by atoms with Crippen LogP contribution in [0.15, 0.2) is 12.3 Å². The lowest BCUT2D eigenvalue weighted by molar-refractivity contribution is 0.0166. The smallest absolute Gasteiger partial charge is 0.337 e. The Labute approximate surface area is 116 Å². The highest BCUT2D eigenvalue weighted by atomic mass is 35.5. The monoisotopic (exact) mass is 284 g/mol. The number of carbonyl (C=O) groups is 1. The van der Waals surface area contributed by atoms with Gasteiger partial charge in [0.15, 0.2) is 0 Å². The van der Waals surface area contributed by atoms with E-state index in [2.05, 4.69) is 10.3 Å². The number of aromatic carboxylic acids is 1. The zero-order valence-electron chi connectivity index (χ0n) is 10.5. The quantitative estimate of drug-likeness (QED) is 0.791. The molecule has 1 aromatic heterocycles. The fourth-order valence-electron chi connectivity index (χ4n) is 2.34. The molecule has 0 spiro atoms. The van der Waals surface area contributed by atoms with Gasteiger partial charge in [0.1, 0.15) is 5.82 Å². The van der Waals surface area contributed by atoms with Crippen LogP contribution in [0.1, 0.15) is 42.5 Å². The summed E-state index contributed by atoms with van der Waals surface area (Å²) < 4.78 is 0. The predicted molar refractivity (Wildman–Crippen MR) is 72.7 cm³/mol. The number of anilines is 1. The molecule has 0 saturated heterocycles. The van der Waals surface area contributed by atoms with Crippen LogP contribution in [0.5, 0.6) is 0 Å².